The largest absolute Gasteiger partial charge is 0.316 e. The molecule has 0 saturated carbocycles. The first-order valence-electron chi connectivity index (χ1n) is 6.22. The average Bonchev–Trinajstić information content (AvgIpc) is 2.33. The quantitative estimate of drug-likeness (QED) is 0.825. The van der Waals surface area contributed by atoms with E-state index in [2.05, 4.69) is 27.9 Å². The maximum atomic E-state index is 14.7. The highest BCUT2D eigenvalue weighted by atomic mass is 127. The monoisotopic (exact) mass is 347 g/mol. The number of hydrogen-bond acceptors (Lipinski definition) is 1. The lowest BCUT2D eigenvalue weighted by Gasteiger charge is -2.34. The highest BCUT2D eigenvalue weighted by molar-refractivity contribution is 14.1. The van der Waals surface area contributed by atoms with Gasteiger partial charge in [-0.15, -0.1) is 0 Å². The summed E-state index contributed by atoms with van der Waals surface area (Å²) in [7, 11) is 0. The van der Waals surface area contributed by atoms with E-state index in [0.717, 1.165) is 31.5 Å². The number of hydrogen-bond donors (Lipinski definition) is 1. The van der Waals surface area contributed by atoms with Gasteiger partial charge < -0.3 is 5.32 Å². The lowest BCUT2D eigenvalue weighted by Crippen LogP contribution is -2.42. The van der Waals surface area contributed by atoms with Gasteiger partial charge in [0.2, 0.25) is 0 Å². The number of rotatable bonds is 3. The third-order valence-corrected chi connectivity index (χ3v) is 4.33. The number of nitrogens with one attached hydrogen (secondary N) is 1. The maximum absolute atomic E-state index is 14.7. The third-order valence-electron chi connectivity index (χ3n) is 3.61. The highest BCUT2D eigenvalue weighted by Crippen LogP contribution is 2.31. The summed E-state index contributed by atoms with van der Waals surface area (Å²) in [5, 5.41) is 3.29. The van der Waals surface area contributed by atoms with E-state index in [0.29, 0.717) is 6.42 Å². The average molecular weight is 347 g/mol. The summed E-state index contributed by atoms with van der Waals surface area (Å²) in [6, 6.07) is 8.17. The van der Waals surface area contributed by atoms with Crippen molar-refractivity contribution in [1.82, 2.24) is 5.32 Å². The lowest BCUT2D eigenvalue weighted by molar-refractivity contribution is 0.0833. The predicted molar refractivity (Wildman–Crippen MR) is 78.0 cm³/mol. The van der Waals surface area contributed by atoms with Crippen molar-refractivity contribution in [3.63, 3.8) is 0 Å². The summed E-state index contributed by atoms with van der Waals surface area (Å²) in [6.45, 7) is 3.61. The Morgan fingerprint density at radius 1 is 1.41 bits per heavy atom. The smallest absolute Gasteiger partial charge is 0.116 e. The van der Waals surface area contributed by atoms with E-state index in [1.54, 1.807) is 6.92 Å². The molecule has 1 fully saturated rings. The van der Waals surface area contributed by atoms with E-state index in [1.807, 2.05) is 24.3 Å². The zero-order valence-electron chi connectivity index (χ0n) is 10.2. The van der Waals surface area contributed by atoms with E-state index in [9.17, 15) is 4.39 Å². The van der Waals surface area contributed by atoms with Gasteiger partial charge in [-0.1, -0.05) is 12.1 Å². The molecule has 0 amide bonds. The molecule has 94 valence electrons. The molecule has 1 aromatic carbocycles. The van der Waals surface area contributed by atoms with Crippen LogP contribution in [0.4, 0.5) is 4.39 Å². The van der Waals surface area contributed by atoms with Crippen LogP contribution >= 0.6 is 22.6 Å². The molecule has 0 spiro atoms. The van der Waals surface area contributed by atoms with Crippen molar-refractivity contribution in [1.29, 1.82) is 0 Å². The Labute approximate surface area is 116 Å². The van der Waals surface area contributed by atoms with Crippen molar-refractivity contribution in [2.24, 2.45) is 5.92 Å². The number of piperidine rings is 1. The van der Waals surface area contributed by atoms with Crippen LogP contribution in [0.2, 0.25) is 0 Å². The number of alkyl halides is 1. The summed E-state index contributed by atoms with van der Waals surface area (Å²) >= 11 is 2.27. The summed E-state index contributed by atoms with van der Waals surface area (Å²) in [5.74, 6) is 0.149. The van der Waals surface area contributed by atoms with Crippen LogP contribution in [0.1, 0.15) is 25.3 Å². The van der Waals surface area contributed by atoms with Gasteiger partial charge in [0.15, 0.2) is 0 Å². The fraction of sp³-hybridized carbons (Fsp3) is 0.571. The van der Waals surface area contributed by atoms with Crippen molar-refractivity contribution in [3.05, 3.63) is 33.4 Å². The molecule has 2 rings (SSSR count). The standard InChI is InChI=1S/C14H19FIN/c1-14(15,12-3-2-8-17-10-12)9-11-4-6-13(16)7-5-11/h4-7,12,17H,2-3,8-10H2,1H3. The van der Waals surface area contributed by atoms with Crippen molar-refractivity contribution in [2.75, 3.05) is 13.1 Å². The first-order chi connectivity index (χ1) is 8.08. The minimum absolute atomic E-state index is 0.149. The van der Waals surface area contributed by atoms with Gasteiger partial charge in [-0.25, -0.2) is 4.39 Å². The molecule has 0 radical (unpaired) electrons. The highest BCUT2D eigenvalue weighted by Gasteiger charge is 2.34. The van der Waals surface area contributed by atoms with E-state index in [4.69, 9.17) is 0 Å². The molecule has 1 aliphatic heterocycles. The van der Waals surface area contributed by atoms with Crippen molar-refractivity contribution >= 4 is 22.6 Å². The van der Waals surface area contributed by atoms with Gasteiger partial charge in [0.1, 0.15) is 5.67 Å². The van der Waals surface area contributed by atoms with Crippen LogP contribution in [-0.2, 0) is 6.42 Å². The zero-order chi connectivity index (χ0) is 12.3. The molecule has 1 heterocycles. The molecule has 0 aromatic heterocycles. The van der Waals surface area contributed by atoms with E-state index in [1.165, 1.54) is 3.57 Å². The molecule has 1 aliphatic rings. The van der Waals surface area contributed by atoms with Gasteiger partial charge in [-0.2, -0.15) is 0 Å². The SMILES string of the molecule is CC(F)(Cc1ccc(I)cc1)C1CCCNC1. The van der Waals surface area contributed by atoms with Crippen molar-refractivity contribution in [2.45, 2.75) is 31.9 Å². The fourth-order valence-electron chi connectivity index (χ4n) is 2.51. The van der Waals surface area contributed by atoms with Gasteiger partial charge in [0.05, 0.1) is 0 Å². The molecule has 2 unspecified atom stereocenters. The predicted octanol–water partition coefficient (Wildman–Crippen LogP) is 3.56. The lowest BCUT2D eigenvalue weighted by atomic mass is 9.81. The minimum atomic E-state index is -1.10. The fourth-order valence-corrected chi connectivity index (χ4v) is 2.87. The van der Waals surface area contributed by atoms with Gasteiger partial charge in [-0.05, 0) is 66.6 Å². The van der Waals surface area contributed by atoms with Gasteiger partial charge in [0.25, 0.3) is 0 Å². The maximum Gasteiger partial charge on any atom is 0.116 e. The second kappa shape index (κ2) is 5.65. The molecule has 1 aromatic rings. The van der Waals surface area contributed by atoms with Crippen LogP contribution in [0.3, 0.4) is 0 Å². The molecule has 1 nitrogen and oxygen atoms in total. The molecule has 0 aliphatic carbocycles. The Morgan fingerprint density at radius 2 is 2.12 bits per heavy atom. The van der Waals surface area contributed by atoms with Gasteiger partial charge >= 0.3 is 0 Å². The van der Waals surface area contributed by atoms with Crippen LogP contribution in [-0.4, -0.2) is 18.8 Å². The van der Waals surface area contributed by atoms with Gasteiger partial charge in [-0.3, -0.25) is 0 Å². The Hall–Kier alpha value is -0.160. The summed E-state index contributed by atoms with van der Waals surface area (Å²) in [4.78, 5) is 0. The van der Waals surface area contributed by atoms with E-state index < -0.39 is 5.67 Å². The first-order valence-corrected chi connectivity index (χ1v) is 7.30. The molecule has 1 N–H and O–H groups in total. The molecular weight excluding hydrogens is 328 g/mol. The van der Waals surface area contributed by atoms with E-state index >= 15 is 0 Å². The van der Waals surface area contributed by atoms with Crippen LogP contribution < -0.4 is 5.32 Å². The number of benzene rings is 1. The summed E-state index contributed by atoms with van der Waals surface area (Å²) < 4.78 is 15.9. The molecule has 3 heteroatoms. The van der Waals surface area contributed by atoms with Crippen LogP contribution in [0, 0.1) is 9.49 Å². The second-order valence-electron chi connectivity index (χ2n) is 5.12. The first kappa shape index (κ1) is 13.3. The third kappa shape index (κ3) is 3.65. The summed E-state index contributed by atoms with van der Waals surface area (Å²) in [5.41, 5.74) is 0.00112. The normalized spacial score (nSPS) is 24.3. The van der Waals surface area contributed by atoms with E-state index in [-0.39, 0.29) is 5.92 Å². The van der Waals surface area contributed by atoms with Crippen LogP contribution in [0.15, 0.2) is 24.3 Å². The number of halogens is 2. The molecular formula is C14H19FIN. The molecule has 1 saturated heterocycles. The van der Waals surface area contributed by atoms with Crippen molar-refractivity contribution < 1.29 is 4.39 Å². The topological polar surface area (TPSA) is 12.0 Å². The minimum Gasteiger partial charge on any atom is -0.316 e. The Bertz CT molecular complexity index is 355. The Morgan fingerprint density at radius 3 is 2.71 bits per heavy atom. The Kier molecular flexibility index (Phi) is 4.42. The molecule has 17 heavy (non-hydrogen) atoms. The Balaban J connectivity index is 2.02. The van der Waals surface area contributed by atoms with Crippen LogP contribution in [0.5, 0.6) is 0 Å². The van der Waals surface area contributed by atoms with Crippen LogP contribution in [0.25, 0.3) is 0 Å². The zero-order valence-corrected chi connectivity index (χ0v) is 12.3. The van der Waals surface area contributed by atoms with Crippen molar-refractivity contribution in [3.8, 4) is 0 Å². The van der Waals surface area contributed by atoms with Gasteiger partial charge in [0, 0.05) is 22.5 Å². The summed E-state index contributed by atoms with van der Waals surface area (Å²) in [6.07, 6.45) is 2.62. The molecule has 2 atom stereocenters. The molecule has 0 bridgehead atoms. The second-order valence-corrected chi connectivity index (χ2v) is 6.37.